The molecule has 4 nitrogen and oxygen atoms in total. The Kier molecular flexibility index (Phi) is 6.80. The minimum Gasteiger partial charge on any atom is -0.396 e. The van der Waals surface area contributed by atoms with Gasteiger partial charge in [0.15, 0.2) is 0 Å². The summed E-state index contributed by atoms with van der Waals surface area (Å²) < 4.78 is 0. The summed E-state index contributed by atoms with van der Waals surface area (Å²) in [5.74, 6) is 0.844. The number of aliphatic hydroxyl groups excluding tert-OH is 1. The van der Waals surface area contributed by atoms with Crippen LogP contribution in [0.2, 0.25) is 0 Å². The highest BCUT2D eigenvalue weighted by Gasteiger charge is 2.20. The van der Waals surface area contributed by atoms with E-state index in [2.05, 4.69) is 10.2 Å². The Morgan fingerprint density at radius 2 is 2.16 bits per heavy atom. The molecular weight excluding hydrogens is 240 g/mol. The molecule has 1 aliphatic heterocycles. The van der Waals surface area contributed by atoms with E-state index in [0.29, 0.717) is 18.9 Å². The van der Waals surface area contributed by atoms with E-state index in [4.69, 9.17) is 5.11 Å². The van der Waals surface area contributed by atoms with Gasteiger partial charge in [0.1, 0.15) is 0 Å². The lowest BCUT2D eigenvalue weighted by molar-refractivity contribution is -0.122. The fourth-order valence-electron chi connectivity index (χ4n) is 2.71. The Morgan fingerprint density at radius 1 is 1.42 bits per heavy atom. The summed E-state index contributed by atoms with van der Waals surface area (Å²) >= 11 is 0. The molecule has 2 N–H and O–H groups in total. The van der Waals surface area contributed by atoms with Gasteiger partial charge in [0.05, 0.1) is 0 Å². The molecule has 0 unspecified atom stereocenters. The molecule has 0 radical (unpaired) electrons. The molecule has 1 heterocycles. The molecule has 0 aromatic carbocycles. The molecule has 1 saturated heterocycles. The third-order valence-electron chi connectivity index (χ3n) is 3.54. The molecule has 0 aliphatic carbocycles. The Labute approximate surface area is 117 Å². The molecule has 0 saturated carbocycles. The second-order valence-corrected chi connectivity index (χ2v) is 6.72. The van der Waals surface area contributed by atoms with Crippen molar-refractivity contribution in [2.75, 3.05) is 26.2 Å². The summed E-state index contributed by atoms with van der Waals surface area (Å²) in [6.45, 7) is 9.38. The molecule has 0 aromatic rings. The second-order valence-electron chi connectivity index (χ2n) is 6.72. The number of nitrogens with one attached hydrogen (secondary N) is 1. The summed E-state index contributed by atoms with van der Waals surface area (Å²) in [4.78, 5) is 14.2. The minimum atomic E-state index is -0.136. The van der Waals surface area contributed by atoms with Gasteiger partial charge < -0.3 is 15.3 Å². The van der Waals surface area contributed by atoms with E-state index in [-0.39, 0.29) is 11.4 Å². The van der Waals surface area contributed by atoms with Gasteiger partial charge in [0.25, 0.3) is 0 Å². The molecule has 0 spiro atoms. The van der Waals surface area contributed by atoms with E-state index in [0.717, 1.165) is 32.5 Å². The van der Waals surface area contributed by atoms with E-state index in [1.165, 1.54) is 12.8 Å². The summed E-state index contributed by atoms with van der Waals surface area (Å²) in [6.07, 6.45) is 5.09. The van der Waals surface area contributed by atoms with E-state index in [9.17, 15) is 4.79 Å². The van der Waals surface area contributed by atoms with Gasteiger partial charge in [-0.05, 0) is 58.9 Å². The van der Waals surface area contributed by atoms with Gasteiger partial charge in [-0.2, -0.15) is 0 Å². The molecule has 4 heteroatoms. The maximum absolute atomic E-state index is 11.8. The lowest BCUT2D eigenvalue weighted by Gasteiger charge is -2.32. The summed E-state index contributed by atoms with van der Waals surface area (Å²) in [6, 6.07) is 0. The van der Waals surface area contributed by atoms with Crippen LogP contribution in [0.4, 0.5) is 0 Å². The zero-order valence-corrected chi connectivity index (χ0v) is 12.7. The number of amides is 1. The first-order valence-electron chi connectivity index (χ1n) is 7.55. The molecule has 1 aliphatic rings. The molecule has 1 atom stereocenters. The van der Waals surface area contributed by atoms with Gasteiger partial charge in [-0.3, -0.25) is 4.79 Å². The van der Waals surface area contributed by atoms with Crippen molar-refractivity contribution in [3.63, 3.8) is 0 Å². The van der Waals surface area contributed by atoms with Crippen LogP contribution >= 0.6 is 0 Å². The molecule has 1 rings (SSSR count). The fraction of sp³-hybridized carbons (Fsp3) is 0.933. The monoisotopic (exact) mass is 270 g/mol. The fourth-order valence-corrected chi connectivity index (χ4v) is 2.71. The first-order chi connectivity index (χ1) is 8.90. The molecule has 19 heavy (non-hydrogen) atoms. The Morgan fingerprint density at radius 3 is 2.79 bits per heavy atom. The number of piperidine rings is 1. The predicted octanol–water partition coefficient (Wildman–Crippen LogP) is 1.78. The van der Waals surface area contributed by atoms with Crippen molar-refractivity contribution in [3.8, 4) is 0 Å². The average Bonchev–Trinajstić information content (AvgIpc) is 2.32. The lowest BCUT2D eigenvalue weighted by Crippen LogP contribution is -2.43. The zero-order valence-electron chi connectivity index (χ0n) is 12.7. The first-order valence-corrected chi connectivity index (χ1v) is 7.55. The van der Waals surface area contributed by atoms with Crippen LogP contribution in [0.25, 0.3) is 0 Å². The first kappa shape index (κ1) is 16.4. The number of carbonyl (C=O) groups excluding carboxylic acids is 1. The average molecular weight is 270 g/mol. The van der Waals surface area contributed by atoms with Crippen molar-refractivity contribution in [3.05, 3.63) is 0 Å². The van der Waals surface area contributed by atoms with Crippen LogP contribution < -0.4 is 5.32 Å². The van der Waals surface area contributed by atoms with E-state index in [1.54, 1.807) is 0 Å². The molecule has 0 bridgehead atoms. The standard InChI is InChI=1S/C15H30N2O2/c1-15(2,3)16-14(19)8-10-17-9-4-6-13(12-17)7-5-11-18/h13,18H,4-12H2,1-3H3,(H,16,19)/t13-/m0/s1. The SMILES string of the molecule is CC(C)(C)NC(=O)CCN1CCC[C@@H](CCCO)C1. The van der Waals surface area contributed by atoms with Gasteiger partial charge in [0, 0.05) is 31.7 Å². The minimum absolute atomic E-state index is 0.136. The van der Waals surface area contributed by atoms with Gasteiger partial charge >= 0.3 is 0 Å². The third kappa shape index (κ3) is 7.53. The summed E-state index contributed by atoms with van der Waals surface area (Å²) in [7, 11) is 0. The molecule has 1 amide bonds. The maximum atomic E-state index is 11.8. The van der Waals surface area contributed by atoms with E-state index < -0.39 is 0 Å². The summed E-state index contributed by atoms with van der Waals surface area (Å²) in [5, 5.41) is 11.9. The largest absolute Gasteiger partial charge is 0.396 e. The van der Waals surface area contributed by atoms with Crippen molar-refractivity contribution in [1.82, 2.24) is 10.2 Å². The number of likely N-dealkylation sites (tertiary alicyclic amines) is 1. The van der Waals surface area contributed by atoms with Crippen LogP contribution in [-0.4, -0.2) is 47.7 Å². The van der Waals surface area contributed by atoms with Crippen LogP contribution in [-0.2, 0) is 4.79 Å². The smallest absolute Gasteiger partial charge is 0.221 e. The second kappa shape index (κ2) is 7.85. The number of carbonyl (C=O) groups is 1. The highest BCUT2D eigenvalue weighted by Crippen LogP contribution is 2.20. The molecule has 0 aromatic heterocycles. The van der Waals surface area contributed by atoms with Crippen molar-refractivity contribution >= 4 is 5.91 Å². The van der Waals surface area contributed by atoms with Crippen LogP contribution in [0.15, 0.2) is 0 Å². The molecule has 1 fully saturated rings. The highest BCUT2D eigenvalue weighted by atomic mass is 16.2. The quantitative estimate of drug-likeness (QED) is 0.773. The summed E-state index contributed by atoms with van der Waals surface area (Å²) in [5.41, 5.74) is -0.136. The van der Waals surface area contributed by atoms with Crippen LogP contribution in [0.3, 0.4) is 0 Å². The van der Waals surface area contributed by atoms with Crippen molar-refractivity contribution in [2.24, 2.45) is 5.92 Å². The van der Waals surface area contributed by atoms with Gasteiger partial charge in [-0.15, -0.1) is 0 Å². The van der Waals surface area contributed by atoms with Crippen molar-refractivity contribution < 1.29 is 9.90 Å². The maximum Gasteiger partial charge on any atom is 0.221 e. The van der Waals surface area contributed by atoms with E-state index >= 15 is 0 Å². The Bertz CT molecular complexity index is 274. The topological polar surface area (TPSA) is 52.6 Å². The lowest BCUT2D eigenvalue weighted by atomic mass is 9.93. The predicted molar refractivity (Wildman–Crippen MR) is 78.0 cm³/mol. The normalized spacial score (nSPS) is 21.4. The Balaban J connectivity index is 2.23. The number of hydrogen-bond donors (Lipinski definition) is 2. The van der Waals surface area contributed by atoms with E-state index in [1.807, 2.05) is 20.8 Å². The number of nitrogens with zero attached hydrogens (tertiary/aromatic N) is 1. The van der Waals surface area contributed by atoms with Crippen LogP contribution in [0, 0.1) is 5.92 Å². The number of hydrogen-bond acceptors (Lipinski definition) is 3. The van der Waals surface area contributed by atoms with Crippen LogP contribution in [0.5, 0.6) is 0 Å². The third-order valence-corrected chi connectivity index (χ3v) is 3.54. The van der Waals surface area contributed by atoms with Crippen molar-refractivity contribution in [2.45, 2.75) is 58.4 Å². The zero-order chi connectivity index (χ0) is 14.3. The molecule has 112 valence electrons. The van der Waals surface area contributed by atoms with Gasteiger partial charge in [-0.1, -0.05) is 0 Å². The number of rotatable bonds is 6. The highest BCUT2D eigenvalue weighted by molar-refractivity contribution is 5.76. The van der Waals surface area contributed by atoms with Crippen molar-refractivity contribution in [1.29, 1.82) is 0 Å². The Hall–Kier alpha value is -0.610. The molecular formula is C15H30N2O2. The number of aliphatic hydroxyl groups is 1. The van der Waals surface area contributed by atoms with Crippen LogP contribution in [0.1, 0.15) is 52.9 Å². The van der Waals surface area contributed by atoms with Gasteiger partial charge in [0.2, 0.25) is 5.91 Å². The van der Waals surface area contributed by atoms with Gasteiger partial charge in [-0.25, -0.2) is 0 Å².